The smallest absolute Gasteiger partial charge is 0.146 e. The third-order valence-electron chi connectivity index (χ3n) is 2.61. The highest BCUT2D eigenvalue weighted by Crippen LogP contribution is 2.20. The summed E-state index contributed by atoms with van der Waals surface area (Å²) in [7, 11) is 0. The van der Waals surface area contributed by atoms with E-state index in [0.29, 0.717) is 5.88 Å². The van der Waals surface area contributed by atoms with Crippen molar-refractivity contribution in [3.8, 4) is 0 Å². The Labute approximate surface area is 94.9 Å². The highest BCUT2D eigenvalue weighted by Gasteiger charge is 2.22. The van der Waals surface area contributed by atoms with Gasteiger partial charge in [-0.3, -0.25) is 0 Å². The fourth-order valence-corrected chi connectivity index (χ4v) is 1.95. The summed E-state index contributed by atoms with van der Waals surface area (Å²) in [5, 5.41) is 4.10. The van der Waals surface area contributed by atoms with Crippen molar-refractivity contribution in [2.75, 3.05) is 5.88 Å². The van der Waals surface area contributed by atoms with E-state index in [1.807, 2.05) is 6.07 Å². The van der Waals surface area contributed by atoms with Crippen molar-refractivity contribution >= 4 is 17.3 Å². The molecule has 1 aromatic rings. The number of nitrogens with zero attached hydrogens (tertiary/aromatic N) is 1. The third kappa shape index (κ3) is 2.15. The van der Waals surface area contributed by atoms with Crippen molar-refractivity contribution in [2.24, 2.45) is 5.16 Å². The molecule has 1 heterocycles. The van der Waals surface area contributed by atoms with E-state index in [1.165, 1.54) is 11.1 Å². The Kier molecular flexibility index (Phi) is 3.27. The normalized spacial score (nSPS) is 19.9. The van der Waals surface area contributed by atoms with Crippen LogP contribution in [0.1, 0.15) is 24.5 Å². The molecule has 0 fully saturated rings. The van der Waals surface area contributed by atoms with Gasteiger partial charge in [0, 0.05) is 12.0 Å². The van der Waals surface area contributed by atoms with Gasteiger partial charge in [0.15, 0.2) is 0 Å². The fourth-order valence-electron chi connectivity index (χ4n) is 1.78. The standard InChI is InChI=1S/C12H14ClNO/c1-2-9-5-3-4-6-11(9)12-7-10(8-13)15-14-12/h3-6,10H,2,7-8H2,1H3. The summed E-state index contributed by atoms with van der Waals surface area (Å²) in [5.41, 5.74) is 3.54. The zero-order chi connectivity index (χ0) is 10.7. The molecule has 0 bridgehead atoms. The maximum atomic E-state index is 5.74. The van der Waals surface area contributed by atoms with Crippen molar-refractivity contribution in [1.29, 1.82) is 0 Å². The monoisotopic (exact) mass is 223 g/mol. The van der Waals surface area contributed by atoms with E-state index in [0.717, 1.165) is 18.6 Å². The van der Waals surface area contributed by atoms with Gasteiger partial charge in [-0.15, -0.1) is 11.6 Å². The molecule has 80 valence electrons. The van der Waals surface area contributed by atoms with Gasteiger partial charge >= 0.3 is 0 Å². The zero-order valence-electron chi connectivity index (χ0n) is 8.74. The van der Waals surface area contributed by atoms with Gasteiger partial charge in [-0.2, -0.15) is 0 Å². The molecular weight excluding hydrogens is 210 g/mol. The summed E-state index contributed by atoms with van der Waals surface area (Å²) in [5.74, 6) is 0.501. The van der Waals surface area contributed by atoms with Crippen LogP contribution < -0.4 is 0 Å². The summed E-state index contributed by atoms with van der Waals surface area (Å²) >= 11 is 5.74. The summed E-state index contributed by atoms with van der Waals surface area (Å²) < 4.78 is 0. The lowest BCUT2D eigenvalue weighted by atomic mass is 9.98. The molecule has 0 radical (unpaired) electrons. The number of benzene rings is 1. The van der Waals surface area contributed by atoms with Gasteiger partial charge in [0.2, 0.25) is 0 Å². The second-order valence-corrected chi connectivity index (χ2v) is 3.94. The lowest BCUT2D eigenvalue weighted by Gasteiger charge is -2.05. The highest BCUT2D eigenvalue weighted by atomic mass is 35.5. The van der Waals surface area contributed by atoms with E-state index in [4.69, 9.17) is 16.4 Å². The largest absolute Gasteiger partial charge is 0.391 e. The van der Waals surface area contributed by atoms with Crippen LogP contribution in [0.4, 0.5) is 0 Å². The van der Waals surface area contributed by atoms with Gasteiger partial charge in [-0.25, -0.2) is 0 Å². The quantitative estimate of drug-likeness (QED) is 0.722. The van der Waals surface area contributed by atoms with Crippen LogP contribution in [0.25, 0.3) is 0 Å². The summed E-state index contributed by atoms with van der Waals surface area (Å²) in [4.78, 5) is 5.22. The van der Waals surface area contributed by atoms with E-state index >= 15 is 0 Å². The molecule has 1 aromatic carbocycles. The van der Waals surface area contributed by atoms with Crippen molar-refractivity contribution in [1.82, 2.24) is 0 Å². The Hall–Kier alpha value is -1.02. The molecule has 0 saturated carbocycles. The molecule has 0 N–H and O–H groups in total. The third-order valence-corrected chi connectivity index (χ3v) is 2.96. The molecule has 15 heavy (non-hydrogen) atoms. The molecule has 0 saturated heterocycles. The molecule has 0 spiro atoms. The summed E-state index contributed by atoms with van der Waals surface area (Å²) in [6.07, 6.45) is 1.88. The summed E-state index contributed by atoms with van der Waals surface area (Å²) in [6.45, 7) is 2.15. The van der Waals surface area contributed by atoms with Crippen LogP contribution >= 0.6 is 11.6 Å². The van der Waals surface area contributed by atoms with Crippen molar-refractivity contribution < 1.29 is 4.84 Å². The van der Waals surface area contributed by atoms with Crippen LogP contribution in [0, 0.1) is 0 Å². The summed E-state index contributed by atoms with van der Waals surface area (Å²) in [6, 6.07) is 8.31. The Balaban J connectivity index is 2.23. The SMILES string of the molecule is CCc1ccccc1C1=NOC(CCl)C1. The first-order valence-corrected chi connectivity index (χ1v) is 5.75. The average Bonchev–Trinajstić information content (AvgIpc) is 2.77. The van der Waals surface area contributed by atoms with Gasteiger partial charge in [0.1, 0.15) is 6.10 Å². The van der Waals surface area contributed by atoms with Crippen molar-refractivity contribution in [2.45, 2.75) is 25.9 Å². The number of hydrogen-bond donors (Lipinski definition) is 0. The number of alkyl halides is 1. The fraction of sp³-hybridized carbons (Fsp3) is 0.417. The molecule has 2 nitrogen and oxygen atoms in total. The Morgan fingerprint density at radius 2 is 2.27 bits per heavy atom. The van der Waals surface area contributed by atoms with E-state index in [2.05, 4.69) is 30.3 Å². The number of halogens is 1. The zero-order valence-corrected chi connectivity index (χ0v) is 9.50. The van der Waals surface area contributed by atoms with Gasteiger partial charge in [0.05, 0.1) is 11.6 Å². The van der Waals surface area contributed by atoms with Gasteiger partial charge in [-0.1, -0.05) is 36.3 Å². The molecule has 1 atom stereocenters. The van der Waals surface area contributed by atoms with E-state index in [9.17, 15) is 0 Å². The Morgan fingerprint density at radius 1 is 1.47 bits per heavy atom. The number of hydrogen-bond acceptors (Lipinski definition) is 2. The minimum absolute atomic E-state index is 0.0478. The minimum Gasteiger partial charge on any atom is -0.391 e. The predicted octanol–water partition coefficient (Wildman–Crippen LogP) is 2.98. The molecule has 0 aliphatic carbocycles. The van der Waals surface area contributed by atoms with E-state index in [-0.39, 0.29) is 6.10 Å². The lowest BCUT2D eigenvalue weighted by molar-refractivity contribution is 0.102. The molecule has 3 heteroatoms. The van der Waals surface area contributed by atoms with Gasteiger partial charge in [-0.05, 0) is 12.0 Å². The Bertz CT molecular complexity index is 376. The first-order valence-electron chi connectivity index (χ1n) is 5.22. The van der Waals surface area contributed by atoms with Crippen molar-refractivity contribution in [3.63, 3.8) is 0 Å². The first kappa shape index (κ1) is 10.5. The van der Waals surface area contributed by atoms with Gasteiger partial charge in [0.25, 0.3) is 0 Å². The van der Waals surface area contributed by atoms with Crippen LogP contribution in [0.5, 0.6) is 0 Å². The first-order chi connectivity index (χ1) is 7.35. The predicted molar refractivity (Wildman–Crippen MR) is 62.6 cm³/mol. The molecule has 2 rings (SSSR count). The Morgan fingerprint density at radius 3 is 2.93 bits per heavy atom. The van der Waals surface area contributed by atoms with Crippen LogP contribution in [-0.4, -0.2) is 17.7 Å². The number of aryl methyl sites for hydroxylation is 1. The van der Waals surface area contributed by atoms with E-state index in [1.54, 1.807) is 0 Å². The highest BCUT2D eigenvalue weighted by molar-refractivity contribution is 6.18. The molecule has 1 aliphatic rings. The van der Waals surface area contributed by atoms with Crippen LogP contribution in [0.3, 0.4) is 0 Å². The molecule has 0 aromatic heterocycles. The van der Waals surface area contributed by atoms with Crippen LogP contribution in [0.15, 0.2) is 29.4 Å². The van der Waals surface area contributed by atoms with Gasteiger partial charge < -0.3 is 4.84 Å². The maximum Gasteiger partial charge on any atom is 0.146 e. The van der Waals surface area contributed by atoms with Crippen LogP contribution in [-0.2, 0) is 11.3 Å². The molecule has 1 aliphatic heterocycles. The van der Waals surface area contributed by atoms with Crippen LogP contribution in [0.2, 0.25) is 0 Å². The number of rotatable bonds is 3. The minimum atomic E-state index is 0.0478. The maximum absolute atomic E-state index is 5.74. The molecule has 0 amide bonds. The van der Waals surface area contributed by atoms with Crippen molar-refractivity contribution in [3.05, 3.63) is 35.4 Å². The second kappa shape index (κ2) is 4.67. The molecular formula is C12H14ClNO. The average molecular weight is 224 g/mol. The lowest BCUT2D eigenvalue weighted by Crippen LogP contribution is -2.10. The van der Waals surface area contributed by atoms with E-state index < -0.39 is 0 Å². The molecule has 1 unspecified atom stereocenters. The topological polar surface area (TPSA) is 21.6 Å². The second-order valence-electron chi connectivity index (χ2n) is 3.63. The number of oxime groups is 1.